The SMILES string of the molecule is CC.C[Si](C)(C)C#N.Nc1ccccc1. The fraction of sp³-hybridized carbons (Fsp3) is 0.417. The van der Waals surface area contributed by atoms with E-state index in [2.05, 4.69) is 5.69 Å². The van der Waals surface area contributed by atoms with Gasteiger partial charge in [0.25, 0.3) is 0 Å². The lowest BCUT2D eigenvalue weighted by Crippen LogP contribution is -2.15. The third-order valence-electron chi connectivity index (χ3n) is 1.13. The molecule has 0 fully saturated rings. The van der Waals surface area contributed by atoms with Crippen molar-refractivity contribution in [3.05, 3.63) is 30.3 Å². The monoisotopic (exact) mass is 222 g/mol. The summed E-state index contributed by atoms with van der Waals surface area (Å²) >= 11 is 0. The van der Waals surface area contributed by atoms with E-state index in [0.29, 0.717) is 0 Å². The van der Waals surface area contributed by atoms with Gasteiger partial charge in [-0.25, -0.2) is 5.26 Å². The number of hydrogen-bond donors (Lipinski definition) is 1. The second-order valence-electron chi connectivity index (χ2n) is 3.77. The summed E-state index contributed by atoms with van der Waals surface area (Å²) in [6.07, 6.45) is 0. The van der Waals surface area contributed by atoms with Crippen molar-refractivity contribution in [2.75, 3.05) is 5.73 Å². The summed E-state index contributed by atoms with van der Waals surface area (Å²) in [4.78, 5) is 0. The lowest BCUT2D eigenvalue weighted by Gasteiger charge is -1.96. The number of nitrogen functional groups attached to an aromatic ring is 1. The first-order valence-corrected chi connectivity index (χ1v) is 8.67. The third kappa shape index (κ3) is 15.5. The molecule has 0 aliphatic rings. The first kappa shape index (κ1) is 16.2. The predicted molar refractivity (Wildman–Crippen MR) is 71.2 cm³/mol. The normalized spacial score (nSPS) is 8.53. The Morgan fingerprint density at radius 3 is 1.53 bits per heavy atom. The van der Waals surface area contributed by atoms with Crippen LogP contribution in [0.25, 0.3) is 0 Å². The van der Waals surface area contributed by atoms with Crippen molar-refractivity contribution in [3.63, 3.8) is 0 Å². The fourth-order valence-corrected chi connectivity index (χ4v) is 0.453. The Bertz CT molecular complexity index is 270. The number of nitrogens with two attached hydrogens (primary N) is 1. The van der Waals surface area contributed by atoms with Gasteiger partial charge in [0.1, 0.15) is 0 Å². The molecule has 0 aromatic heterocycles. The van der Waals surface area contributed by atoms with E-state index < -0.39 is 8.07 Å². The quantitative estimate of drug-likeness (QED) is 0.537. The van der Waals surface area contributed by atoms with Crippen molar-refractivity contribution >= 4 is 13.8 Å². The zero-order valence-electron chi connectivity index (χ0n) is 10.4. The number of para-hydroxylation sites is 1. The lowest BCUT2D eigenvalue weighted by atomic mass is 10.3. The molecule has 3 heteroatoms. The molecular formula is C12H22N2Si. The first-order valence-electron chi connectivity index (χ1n) is 5.17. The Balaban J connectivity index is 0. The molecule has 0 aliphatic carbocycles. The van der Waals surface area contributed by atoms with Gasteiger partial charge in [0.2, 0.25) is 0 Å². The average molecular weight is 222 g/mol. The zero-order valence-corrected chi connectivity index (χ0v) is 11.4. The van der Waals surface area contributed by atoms with Crippen LogP contribution in [0.2, 0.25) is 19.6 Å². The van der Waals surface area contributed by atoms with Gasteiger partial charge >= 0.3 is 0 Å². The molecule has 0 unspecified atom stereocenters. The molecular weight excluding hydrogens is 200 g/mol. The van der Waals surface area contributed by atoms with Gasteiger partial charge in [-0.15, -0.1) is 0 Å². The van der Waals surface area contributed by atoms with Gasteiger partial charge in [0, 0.05) is 11.4 Å². The molecule has 84 valence electrons. The van der Waals surface area contributed by atoms with E-state index in [1.807, 2.05) is 63.8 Å². The number of anilines is 1. The van der Waals surface area contributed by atoms with Crippen LogP contribution in [0.3, 0.4) is 0 Å². The van der Waals surface area contributed by atoms with E-state index in [0.717, 1.165) is 5.69 Å². The Kier molecular flexibility index (Phi) is 10.0. The van der Waals surface area contributed by atoms with Crippen LogP contribution in [0.4, 0.5) is 5.69 Å². The van der Waals surface area contributed by atoms with Crippen molar-refractivity contribution in [3.8, 4) is 5.69 Å². The van der Waals surface area contributed by atoms with Gasteiger partial charge in [-0.1, -0.05) is 51.7 Å². The molecule has 0 bridgehead atoms. The van der Waals surface area contributed by atoms with Crippen molar-refractivity contribution < 1.29 is 0 Å². The van der Waals surface area contributed by atoms with Gasteiger partial charge < -0.3 is 5.73 Å². The molecule has 1 rings (SSSR count). The van der Waals surface area contributed by atoms with Gasteiger partial charge in [-0.2, -0.15) is 0 Å². The smallest absolute Gasteiger partial charge is 0.164 e. The molecule has 0 saturated heterocycles. The van der Waals surface area contributed by atoms with Gasteiger partial charge in [0.05, 0.1) is 0 Å². The van der Waals surface area contributed by atoms with Crippen molar-refractivity contribution in [2.24, 2.45) is 0 Å². The molecule has 0 spiro atoms. The standard InChI is InChI=1S/C6H7N.C4H9NSi.C2H6/c7-6-4-2-1-3-5-6;1-6(2,3)4-5;1-2/h1-5H,7H2;1-3H3;1-2H3. The minimum atomic E-state index is -1.33. The van der Waals surface area contributed by atoms with E-state index in [-0.39, 0.29) is 0 Å². The highest BCUT2D eigenvalue weighted by atomic mass is 28.3. The highest BCUT2D eigenvalue weighted by Crippen LogP contribution is 1.96. The number of rotatable bonds is 0. The molecule has 0 radical (unpaired) electrons. The summed E-state index contributed by atoms with van der Waals surface area (Å²) < 4.78 is 0. The Morgan fingerprint density at radius 2 is 1.40 bits per heavy atom. The molecule has 1 aromatic carbocycles. The predicted octanol–water partition coefficient (Wildman–Crippen LogP) is 3.68. The maximum Gasteiger partial charge on any atom is 0.164 e. The Hall–Kier alpha value is -1.27. The summed E-state index contributed by atoms with van der Waals surface area (Å²) in [5.41, 5.74) is 8.42. The van der Waals surface area contributed by atoms with Crippen LogP contribution in [0.5, 0.6) is 0 Å². The van der Waals surface area contributed by atoms with E-state index >= 15 is 0 Å². The average Bonchev–Trinajstić information content (AvgIpc) is 2.22. The maximum atomic E-state index is 8.21. The van der Waals surface area contributed by atoms with Crippen LogP contribution in [0.15, 0.2) is 30.3 Å². The van der Waals surface area contributed by atoms with Crippen molar-refractivity contribution in [1.82, 2.24) is 0 Å². The van der Waals surface area contributed by atoms with Gasteiger partial charge in [-0.3, -0.25) is 0 Å². The Morgan fingerprint density at radius 1 is 1.07 bits per heavy atom. The summed E-state index contributed by atoms with van der Waals surface area (Å²) in [5, 5.41) is 8.21. The van der Waals surface area contributed by atoms with Crippen molar-refractivity contribution in [2.45, 2.75) is 33.5 Å². The van der Waals surface area contributed by atoms with Gasteiger partial charge in [0.15, 0.2) is 8.07 Å². The molecule has 0 saturated carbocycles. The van der Waals surface area contributed by atoms with Crippen LogP contribution in [0, 0.1) is 11.0 Å². The largest absolute Gasteiger partial charge is 0.399 e. The highest BCUT2D eigenvalue weighted by molar-refractivity contribution is 6.83. The van der Waals surface area contributed by atoms with Crippen molar-refractivity contribution in [1.29, 1.82) is 5.26 Å². The topological polar surface area (TPSA) is 49.8 Å². The zero-order chi connectivity index (χ0) is 12.3. The number of nitriles is 1. The molecule has 15 heavy (non-hydrogen) atoms. The number of hydrogen-bond acceptors (Lipinski definition) is 2. The highest BCUT2D eigenvalue weighted by Gasteiger charge is 2.09. The van der Waals surface area contributed by atoms with E-state index in [9.17, 15) is 0 Å². The molecule has 0 atom stereocenters. The summed E-state index contributed by atoms with van der Waals surface area (Å²) in [6, 6.07) is 9.49. The summed E-state index contributed by atoms with van der Waals surface area (Å²) in [5.74, 6) is 0. The molecule has 1 aromatic rings. The van der Waals surface area contributed by atoms with E-state index in [4.69, 9.17) is 11.0 Å². The fourth-order valence-electron chi connectivity index (χ4n) is 0.453. The Labute approximate surface area is 94.7 Å². The van der Waals surface area contributed by atoms with Crippen LogP contribution in [0.1, 0.15) is 13.8 Å². The number of nitrogens with zero attached hydrogens (tertiary/aromatic N) is 1. The van der Waals surface area contributed by atoms with Crippen LogP contribution >= 0.6 is 0 Å². The molecule has 2 nitrogen and oxygen atoms in total. The molecule has 2 N–H and O–H groups in total. The van der Waals surface area contributed by atoms with Crippen LogP contribution in [-0.2, 0) is 0 Å². The first-order chi connectivity index (χ1) is 6.95. The summed E-state index contributed by atoms with van der Waals surface area (Å²) in [7, 11) is -1.33. The molecule has 0 aliphatic heterocycles. The second-order valence-corrected chi connectivity index (χ2v) is 8.50. The maximum absolute atomic E-state index is 8.21. The molecule has 0 heterocycles. The minimum absolute atomic E-state index is 0.822. The van der Waals surface area contributed by atoms with Crippen LogP contribution in [-0.4, -0.2) is 8.07 Å². The van der Waals surface area contributed by atoms with E-state index in [1.54, 1.807) is 0 Å². The minimum Gasteiger partial charge on any atom is -0.399 e. The summed E-state index contributed by atoms with van der Waals surface area (Å²) in [6.45, 7) is 10.1. The number of benzene rings is 1. The lowest BCUT2D eigenvalue weighted by molar-refractivity contribution is 1.50. The second kappa shape index (κ2) is 9.29. The van der Waals surface area contributed by atoms with Gasteiger partial charge in [-0.05, 0) is 12.1 Å². The van der Waals surface area contributed by atoms with Crippen LogP contribution < -0.4 is 5.73 Å². The molecule has 0 amide bonds. The van der Waals surface area contributed by atoms with E-state index in [1.165, 1.54) is 0 Å². The third-order valence-corrected chi connectivity index (χ3v) is 1.81.